The molecule has 1 aliphatic heterocycles. The number of imidazole rings is 1. The summed E-state index contributed by atoms with van der Waals surface area (Å²) in [7, 11) is 3.34. The number of hydrogen-bond acceptors (Lipinski definition) is 4. The molecule has 0 bridgehead atoms. The molecule has 1 aliphatic rings. The van der Waals surface area contributed by atoms with Crippen LogP contribution < -0.4 is 5.32 Å². The first-order valence-electron chi connectivity index (χ1n) is 11.1. The number of nitrogens with one attached hydrogen (secondary N) is 2. The summed E-state index contributed by atoms with van der Waals surface area (Å²) in [5.74, 6) is 0.605. The van der Waals surface area contributed by atoms with Gasteiger partial charge in [-0.05, 0) is 37.3 Å². The van der Waals surface area contributed by atoms with Crippen LogP contribution in [0.2, 0.25) is 0 Å². The monoisotopic (exact) mass is 437 g/mol. The SMILES string of the molecule is COC(=O)N[C@H](C(=O)N1CCC[C@H]1c1ncc(-c2ccc(C)c3ccn(C)c23)[nH]1)C(C)C. The largest absolute Gasteiger partial charge is 0.453 e. The molecule has 0 saturated carbocycles. The van der Waals surface area contributed by atoms with Crippen LogP contribution in [0.1, 0.15) is 44.1 Å². The number of fused-ring (bicyclic) bond motifs is 1. The molecule has 4 rings (SSSR count). The minimum absolute atomic E-state index is 0.0619. The van der Waals surface area contributed by atoms with Crippen molar-refractivity contribution in [2.24, 2.45) is 13.0 Å². The Labute approximate surface area is 188 Å². The van der Waals surface area contributed by atoms with Crippen molar-refractivity contribution in [2.75, 3.05) is 13.7 Å². The van der Waals surface area contributed by atoms with E-state index in [2.05, 4.69) is 51.2 Å². The van der Waals surface area contributed by atoms with Crippen LogP contribution >= 0.6 is 0 Å². The van der Waals surface area contributed by atoms with Gasteiger partial charge in [-0.15, -0.1) is 0 Å². The predicted molar refractivity (Wildman–Crippen MR) is 123 cm³/mol. The number of aryl methyl sites for hydroxylation is 2. The van der Waals surface area contributed by atoms with E-state index in [0.717, 1.165) is 35.4 Å². The predicted octanol–water partition coefficient (Wildman–Crippen LogP) is 3.92. The van der Waals surface area contributed by atoms with E-state index in [0.29, 0.717) is 6.54 Å². The number of carbonyl (C=O) groups is 2. The minimum Gasteiger partial charge on any atom is -0.453 e. The van der Waals surface area contributed by atoms with E-state index in [1.807, 2.05) is 32.0 Å². The molecule has 1 fully saturated rings. The van der Waals surface area contributed by atoms with Crippen molar-refractivity contribution in [3.05, 3.63) is 42.0 Å². The van der Waals surface area contributed by atoms with Crippen molar-refractivity contribution in [2.45, 2.75) is 45.7 Å². The number of nitrogens with zero attached hydrogens (tertiary/aromatic N) is 3. The van der Waals surface area contributed by atoms with E-state index in [9.17, 15) is 9.59 Å². The molecule has 3 aromatic rings. The normalized spacial score (nSPS) is 17.2. The zero-order valence-corrected chi connectivity index (χ0v) is 19.3. The average molecular weight is 438 g/mol. The zero-order valence-electron chi connectivity index (χ0n) is 19.3. The van der Waals surface area contributed by atoms with Crippen LogP contribution in [-0.2, 0) is 16.6 Å². The second-order valence-corrected chi connectivity index (χ2v) is 8.85. The van der Waals surface area contributed by atoms with Crippen LogP contribution in [0.3, 0.4) is 0 Å². The Morgan fingerprint density at radius 3 is 2.78 bits per heavy atom. The number of likely N-dealkylation sites (tertiary alicyclic amines) is 1. The molecule has 8 nitrogen and oxygen atoms in total. The number of alkyl carbamates (subject to hydrolysis) is 1. The minimum atomic E-state index is -0.641. The second kappa shape index (κ2) is 8.68. The highest BCUT2D eigenvalue weighted by atomic mass is 16.5. The first kappa shape index (κ1) is 21.9. The maximum Gasteiger partial charge on any atom is 0.407 e. The van der Waals surface area contributed by atoms with Crippen molar-refractivity contribution < 1.29 is 14.3 Å². The van der Waals surface area contributed by atoms with Crippen LogP contribution in [0.4, 0.5) is 4.79 Å². The number of hydrogen-bond donors (Lipinski definition) is 2. The van der Waals surface area contributed by atoms with Gasteiger partial charge in [0.25, 0.3) is 0 Å². The maximum absolute atomic E-state index is 13.3. The first-order valence-corrected chi connectivity index (χ1v) is 11.1. The van der Waals surface area contributed by atoms with Gasteiger partial charge in [-0.2, -0.15) is 0 Å². The number of methoxy groups -OCH3 is 1. The van der Waals surface area contributed by atoms with Crippen LogP contribution in [0.5, 0.6) is 0 Å². The molecule has 1 saturated heterocycles. The highest BCUT2D eigenvalue weighted by Crippen LogP contribution is 2.35. The quantitative estimate of drug-likeness (QED) is 0.633. The molecular weight excluding hydrogens is 406 g/mol. The molecule has 0 aliphatic carbocycles. The fourth-order valence-corrected chi connectivity index (χ4v) is 4.61. The summed E-state index contributed by atoms with van der Waals surface area (Å²) in [6, 6.07) is 5.57. The van der Waals surface area contributed by atoms with Gasteiger partial charge in [-0.3, -0.25) is 4.79 Å². The van der Waals surface area contributed by atoms with Gasteiger partial charge >= 0.3 is 6.09 Å². The molecule has 8 heteroatoms. The molecule has 3 heterocycles. The van der Waals surface area contributed by atoms with Gasteiger partial charge in [0.2, 0.25) is 5.91 Å². The van der Waals surface area contributed by atoms with Crippen molar-refractivity contribution in [1.29, 1.82) is 0 Å². The van der Waals surface area contributed by atoms with Crippen molar-refractivity contribution >= 4 is 22.9 Å². The highest BCUT2D eigenvalue weighted by Gasteiger charge is 2.37. The fourth-order valence-electron chi connectivity index (χ4n) is 4.61. The summed E-state index contributed by atoms with van der Waals surface area (Å²) in [5.41, 5.74) is 4.40. The van der Waals surface area contributed by atoms with Gasteiger partial charge < -0.3 is 24.5 Å². The van der Waals surface area contributed by atoms with Gasteiger partial charge in [0.1, 0.15) is 11.9 Å². The van der Waals surface area contributed by atoms with Crippen molar-refractivity contribution in [1.82, 2.24) is 24.8 Å². The van der Waals surface area contributed by atoms with E-state index in [1.54, 1.807) is 0 Å². The molecule has 170 valence electrons. The number of aromatic nitrogens is 3. The van der Waals surface area contributed by atoms with Crippen LogP contribution in [-0.4, -0.2) is 51.1 Å². The Morgan fingerprint density at radius 2 is 2.06 bits per heavy atom. The molecule has 2 amide bonds. The van der Waals surface area contributed by atoms with Crippen molar-refractivity contribution in [3.8, 4) is 11.3 Å². The van der Waals surface area contributed by atoms with Gasteiger partial charge in [-0.1, -0.05) is 26.0 Å². The summed E-state index contributed by atoms with van der Waals surface area (Å²) in [6.45, 7) is 6.58. The lowest BCUT2D eigenvalue weighted by molar-refractivity contribution is -0.135. The molecule has 0 unspecified atom stereocenters. The maximum atomic E-state index is 13.3. The van der Waals surface area contributed by atoms with Gasteiger partial charge in [0.05, 0.1) is 30.6 Å². The lowest BCUT2D eigenvalue weighted by atomic mass is 10.0. The molecule has 32 heavy (non-hydrogen) atoms. The van der Waals surface area contributed by atoms with E-state index < -0.39 is 12.1 Å². The fraction of sp³-hybridized carbons (Fsp3) is 0.458. The highest BCUT2D eigenvalue weighted by molar-refractivity contribution is 5.95. The number of aromatic amines is 1. The lowest BCUT2D eigenvalue weighted by Gasteiger charge is -2.30. The summed E-state index contributed by atoms with van der Waals surface area (Å²) >= 11 is 0. The number of benzene rings is 1. The Bertz CT molecular complexity index is 1150. The molecule has 0 spiro atoms. The van der Waals surface area contributed by atoms with Gasteiger partial charge in [-0.25, -0.2) is 9.78 Å². The third-order valence-electron chi connectivity index (χ3n) is 6.38. The summed E-state index contributed by atoms with van der Waals surface area (Å²) in [4.78, 5) is 35.1. The van der Waals surface area contributed by atoms with Crippen LogP contribution in [0.15, 0.2) is 30.6 Å². The number of H-pyrrole nitrogens is 1. The summed E-state index contributed by atoms with van der Waals surface area (Å²) < 4.78 is 6.83. The molecular formula is C24H31N5O3. The number of rotatable bonds is 5. The molecule has 1 aromatic carbocycles. The third-order valence-corrected chi connectivity index (χ3v) is 6.38. The Hall–Kier alpha value is -3.29. The van der Waals surface area contributed by atoms with E-state index in [-0.39, 0.29) is 17.9 Å². The number of carbonyl (C=O) groups excluding carboxylic acids is 2. The van der Waals surface area contributed by atoms with Gasteiger partial charge in [0.15, 0.2) is 0 Å². The third kappa shape index (κ3) is 3.85. The topological polar surface area (TPSA) is 92.2 Å². The number of ether oxygens (including phenoxy) is 1. The Morgan fingerprint density at radius 1 is 1.28 bits per heavy atom. The van der Waals surface area contributed by atoms with Gasteiger partial charge in [0, 0.05) is 30.7 Å². The standard InChI is InChI=1S/C24H31N5O3/c1-14(2)20(27-24(31)32-5)23(30)29-11-6-7-19(29)22-25-13-18(26-22)17-9-8-15(3)16-10-12-28(4)21(16)17/h8-10,12-14,19-20H,6-7,11H2,1-5H3,(H,25,26)(H,27,31)/t19-,20-/m0/s1. The second-order valence-electron chi connectivity index (χ2n) is 8.85. The van der Waals surface area contributed by atoms with E-state index in [4.69, 9.17) is 4.74 Å². The summed E-state index contributed by atoms with van der Waals surface area (Å²) in [6.07, 6.45) is 5.03. The molecule has 2 N–H and O–H groups in total. The van der Waals surface area contributed by atoms with E-state index in [1.165, 1.54) is 18.1 Å². The Balaban J connectivity index is 1.63. The number of amides is 2. The molecule has 2 atom stereocenters. The van der Waals surface area contributed by atoms with E-state index >= 15 is 0 Å². The first-order chi connectivity index (χ1) is 15.3. The van der Waals surface area contributed by atoms with Crippen LogP contribution in [0, 0.1) is 12.8 Å². The van der Waals surface area contributed by atoms with Crippen LogP contribution in [0.25, 0.3) is 22.2 Å². The molecule has 0 radical (unpaired) electrons. The smallest absolute Gasteiger partial charge is 0.407 e. The summed E-state index contributed by atoms with van der Waals surface area (Å²) in [5, 5.41) is 3.90. The lowest BCUT2D eigenvalue weighted by Crippen LogP contribution is -2.51. The Kier molecular flexibility index (Phi) is 5.95. The van der Waals surface area contributed by atoms with Crippen molar-refractivity contribution in [3.63, 3.8) is 0 Å². The average Bonchev–Trinajstić information content (AvgIpc) is 3.51. The zero-order chi connectivity index (χ0) is 23.0. The molecule has 2 aromatic heterocycles.